The number of halogens is 1. The zero-order chi connectivity index (χ0) is 13.8. The SMILES string of the molecule is C=C(C)C(=O)C1CCC1.C=C/C(C)=C\C.CBr. The lowest BCUT2D eigenvalue weighted by molar-refractivity contribution is -0.121. The van der Waals surface area contributed by atoms with E-state index < -0.39 is 0 Å². The topological polar surface area (TPSA) is 17.1 Å². The minimum atomic E-state index is 0.279. The summed E-state index contributed by atoms with van der Waals surface area (Å²) in [6.45, 7) is 13.0. The number of carbonyl (C=O) groups is 1. The van der Waals surface area contributed by atoms with E-state index in [1.165, 1.54) is 12.0 Å². The predicted octanol–water partition coefficient (Wildman–Crippen LogP) is 5.08. The van der Waals surface area contributed by atoms with E-state index in [0.29, 0.717) is 5.92 Å². The predicted molar refractivity (Wildman–Crippen MR) is 81.6 cm³/mol. The van der Waals surface area contributed by atoms with Crippen LogP contribution in [0.2, 0.25) is 0 Å². The third-order valence-corrected chi connectivity index (χ3v) is 2.67. The lowest BCUT2D eigenvalue weighted by atomic mass is 9.80. The first-order valence-corrected chi connectivity index (χ1v) is 7.44. The lowest BCUT2D eigenvalue weighted by Gasteiger charge is -2.23. The fraction of sp³-hybridized carbons (Fsp3) is 0.533. The summed E-state index contributed by atoms with van der Waals surface area (Å²) in [4.78, 5) is 11.0. The van der Waals surface area contributed by atoms with Gasteiger partial charge in [0.15, 0.2) is 5.78 Å². The van der Waals surface area contributed by atoms with Crippen LogP contribution >= 0.6 is 15.9 Å². The molecule has 0 aromatic rings. The van der Waals surface area contributed by atoms with Gasteiger partial charge in [0, 0.05) is 5.92 Å². The first-order valence-electron chi connectivity index (χ1n) is 5.85. The summed E-state index contributed by atoms with van der Waals surface area (Å²) in [5, 5.41) is 0. The Kier molecular flexibility index (Phi) is 13.0. The monoisotopic (exact) mass is 300 g/mol. The molecule has 0 aromatic carbocycles. The largest absolute Gasteiger partial charge is 0.294 e. The van der Waals surface area contributed by atoms with Gasteiger partial charge in [0.2, 0.25) is 0 Å². The van der Waals surface area contributed by atoms with Gasteiger partial charge < -0.3 is 0 Å². The zero-order valence-electron chi connectivity index (χ0n) is 11.6. The van der Waals surface area contributed by atoms with Gasteiger partial charge in [-0.05, 0) is 45.0 Å². The number of Topliss-reactive ketones (excluding diaryl/α,β-unsaturated/α-hetero) is 1. The van der Waals surface area contributed by atoms with Crippen LogP contribution in [0, 0.1) is 5.92 Å². The highest BCUT2D eigenvalue weighted by Gasteiger charge is 2.24. The van der Waals surface area contributed by atoms with Gasteiger partial charge in [-0.1, -0.05) is 53.2 Å². The molecular weight excluding hydrogens is 276 g/mol. The number of alkyl halides is 1. The summed E-state index contributed by atoms with van der Waals surface area (Å²) in [7, 11) is 0. The second-order valence-electron chi connectivity index (χ2n) is 4.01. The molecule has 0 N–H and O–H groups in total. The van der Waals surface area contributed by atoms with Gasteiger partial charge in [0.05, 0.1) is 0 Å². The van der Waals surface area contributed by atoms with Crippen molar-refractivity contribution >= 4 is 21.7 Å². The summed E-state index contributed by atoms with van der Waals surface area (Å²) in [5.41, 5.74) is 1.95. The second-order valence-corrected chi connectivity index (χ2v) is 4.01. The van der Waals surface area contributed by atoms with Crippen LogP contribution in [0.15, 0.2) is 36.5 Å². The minimum absolute atomic E-state index is 0.279. The smallest absolute Gasteiger partial charge is 0.161 e. The second kappa shape index (κ2) is 11.8. The molecule has 0 heterocycles. The standard InChI is InChI=1S/C8H12O.C6H10.CH3Br/c1-6(2)8(9)7-4-3-5-7;1-4-6(3)5-2;1-2/h7H,1,3-5H2,2H3;4-5H,1H2,2-3H3;1H3/b;6-5-;. The van der Waals surface area contributed by atoms with Gasteiger partial charge in [-0.15, -0.1) is 0 Å². The van der Waals surface area contributed by atoms with E-state index in [-0.39, 0.29) is 5.78 Å². The number of ketones is 1. The van der Waals surface area contributed by atoms with Gasteiger partial charge in [0.25, 0.3) is 0 Å². The molecule has 0 atom stereocenters. The van der Waals surface area contributed by atoms with Crippen molar-refractivity contribution in [3.8, 4) is 0 Å². The summed E-state index contributed by atoms with van der Waals surface area (Å²) < 4.78 is 0. The zero-order valence-corrected chi connectivity index (χ0v) is 13.1. The third-order valence-electron chi connectivity index (χ3n) is 2.67. The number of hydrogen-bond donors (Lipinski definition) is 0. The van der Waals surface area contributed by atoms with Crippen molar-refractivity contribution in [2.24, 2.45) is 5.92 Å². The number of allylic oxidation sites excluding steroid dienone is 4. The maximum absolute atomic E-state index is 11.0. The average Bonchev–Trinajstić information content (AvgIpc) is 2.29. The Bertz CT molecular complexity index is 273. The molecule has 0 bridgehead atoms. The minimum Gasteiger partial charge on any atom is -0.294 e. The highest BCUT2D eigenvalue weighted by atomic mass is 79.9. The molecule has 0 unspecified atom stereocenters. The van der Waals surface area contributed by atoms with Crippen molar-refractivity contribution in [3.05, 3.63) is 36.5 Å². The lowest BCUT2D eigenvalue weighted by Crippen LogP contribution is -2.21. The van der Waals surface area contributed by atoms with Crippen LogP contribution in [0.5, 0.6) is 0 Å². The fourth-order valence-electron chi connectivity index (χ4n) is 1.14. The molecule has 0 spiro atoms. The Balaban J connectivity index is 0. The third kappa shape index (κ3) is 9.11. The molecule has 1 aliphatic rings. The van der Waals surface area contributed by atoms with Crippen LogP contribution in [-0.2, 0) is 4.79 Å². The van der Waals surface area contributed by atoms with Crippen LogP contribution in [0.4, 0.5) is 0 Å². The Morgan fingerprint density at radius 1 is 1.29 bits per heavy atom. The molecule has 0 aromatic heterocycles. The Hall–Kier alpha value is -0.630. The van der Waals surface area contributed by atoms with E-state index in [0.717, 1.165) is 18.4 Å². The van der Waals surface area contributed by atoms with Crippen molar-refractivity contribution in [1.82, 2.24) is 0 Å². The Morgan fingerprint density at radius 3 is 1.82 bits per heavy atom. The summed E-state index contributed by atoms with van der Waals surface area (Å²) in [6, 6.07) is 0. The number of rotatable bonds is 3. The highest BCUT2D eigenvalue weighted by molar-refractivity contribution is 9.08. The summed E-state index contributed by atoms with van der Waals surface area (Å²) in [6.07, 6.45) is 7.26. The number of hydrogen-bond acceptors (Lipinski definition) is 1. The van der Waals surface area contributed by atoms with Crippen LogP contribution in [0.1, 0.15) is 40.0 Å². The van der Waals surface area contributed by atoms with E-state index in [1.807, 2.05) is 31.8 Å². The van der Waals surface area contributed by atoms with E-state index in [4.69, 9.17) is 0 Å². The summed E-state index contributed by atoms with van der Waals surface area (Å²) >= 11 is 2.94. The van der Waals surface area contributed by atoms with Crippen molar-refractivity contribution < 1.29 is 4.79 Å². The molecule has 0 saturated heterocycles. The molecule has 98 valence electrons. The van der Waals surface area contributed by atoms with Gasteiger partial charge in [-0.2, -0.15) is 0 Å². The van der Waals surface area contributed by atoms with Crippen molar-refractivity contribution in [2.75, 3.05) is 5.83 Å². The molecule has 0 aliphatic heterocycles. The van der Waals surface area contributed by atoms with Gasteiger partial charge >= 0.3 is 0 Å². The molecular formula is C15H25BrO. The molecule has 1 nitrogen and oxygen atoms in total. The van der Waals surface area contributed by atoms with Gasteiger partial charge in [0.1, 0.15) is 0 Å². The number of carbonyl (C=O) groups excluding carboxylic acids is 1. The normalized spacial score (nSPS) is 14.3. The van der Waals surface area contributed by atoms with Crippen molar-refractivity contribution in [1.29, 1.82) is 0 Å². The Labute approximate surface area is 115 Å². The molecule has 0 radical (unpaired) electrons. The first-order chi connectivity index (χ1) is 8.02. The molecule has 1 rings (SSSR count). The Morgan fingerprint density at radius 2 is 1.76 bits per heavy atom. The van der Waals surface area contributed by atoms with Crippen molar-refractivity contribution in [2.45, 2.75) is 40.0 Å². The molecule has 1 fully saturated rings. The molecule has 1 saturated carbocycles. The maximum atomic E-state index is 11.0. The highest BCUT2D eigenvalue weighted by Crippen LogP contribution is 2.28. The summed E-state index contributed by atoms with van der Waals surface area (Å²) in [5.74, 6) is 2.43. The van der Waals surface area contributed by atoms with Gasteiger partial charge in [-0.25, -0.2) is 0 Å². The van der Waals surface area contributed by atoms with E-state index in [9.17, 15) is 4.79 Å². The van der Waals surface area contributed by atoms with Crippen LogP contribution in [0.3, 0.4) is 0 Å². The first kappa shape index (κ1) is 18.7. The van der Waals surface area contributed by atoms with E-state index >= 15 is 0 Å². The van der Waals surface area contributed by atoms with Crippen LogP contribution in [0.25, 0.3) is 0 Å². The van der Waals surface area contributed by atoms with Gasteiger partial charge in [-0.3, -0.25) is 4.79 Å². The van der Waals surface area contributed by atoms with Crippen molar-refractivity contribution in [3.63, 3.8) is 0 Å². The molecule has 17 heavy (non-hydrogen) atoms. The van der Waals surface area contributed by atoms with Crippen LogP contribution < -0.4 is 0 Å². The average molecular weight is 301 g/mol. The molecule has 2 heteroatoms. The quantitative estimate of drug-likeness (QED) is 0.403. The van der Waals surface area contributed by atoms with Crippen LogP contribution in [-0.4, -0.2) is 11.6 Å². The molecule has 0 amide bonds. The maximum Gasteiger partial charge on any atom is 0.161 e. The fourth-order valence-corrected chi connectivity index (χ4v) is 1.14. The van der Waals surface area contributed by atoms with E-state index in [2.05, 4.69) is 29.1 Å². The van der Waals surface area contributed by atoms with E-state index in [1.54, 1.807) is 6.92 Å². The molecule has 1 aliphatic carbocycles.